The summed E-state index contributed by atoms with van der Waals surface area (Å²) in [5.74, 6) is -0.228. The number of aromatic nitrogens is 3. The first-order valence-electron chi connectivity index (χ1n) is 7.78. The van der Waals surface area contributed by atoms with Gasteiger partial charge in [-0.25, -0.2) is 9.97 Å². The Morgan fingerprint density at radius 3 is 2.74 bits per heavy atom. The van der Waals surface area contributed by atoms with Crippen molar-refractivity contribution in [1.29, 1.82) is 0 Å². The molecule has 1 N–H and O–H groups in total. The van der Waals surface area contributed by atoms with Gasteiger partial charge in [0.1, 0.15) is 10.8 Å². The van der Waals surface area contributed by atoms with E-state index in [4.69, 9.17) is 11.6 Å². The van der Waals surface area contributed by atoms with E-state index in [1.807, 2.05) is 35.9 Å². The highest BCUT2D eigenvalue weighted by Gasteiger charge is 2.29. The first-order chi connectivity index (χ1) is 12.7. The Bertz CT molecular complexity index is 988. The van der Waals surface area contributed by atoms with Gasteiger partial charge < -0.3 is 14.6 Å². The lowest BCUT2D eigenvalue weighted by Gasteiger charge is -2.10. The van der Waals surface area contributed by atoms with Crippen molar-refractivity contribution in [3.05, 3.63) is 52.9 Å². The van der Waals surface area contributed by atoms with Crippen molar-refractivity contribution in [3.8, 4) is 5.88 Å². The molecule has 0 spiro atoms. The molecule has 142 valence electrons. The van der Waals surface area contributed by atoms with Crippen LogP contribution in [0.25, 0.3) is 11.0 Å². The standard InChI is InChI=1S/C17H14ClF3N4O2/c1-25-13-5-3-2-4-12(13)24-14(25)8-22-15(26)10-6-11(18)16(23-7-10)27-9-17(19,20)21/h2-7H,8-9H2,1H3,(H,22,26). The summed E-state index contributed by atoms with van der Waals surface area (Å²) in [7, 11) is 1.84. The summed E-state index contributed by atoms with van der Waals surface area (Å²) < 4.78 is 42.9. The number of nitrogens with zero attached hydrogens (tertiary/aromatic N) is 3. The smallest absolute Gasteiger partial charge is 0.422 e. The van der Waals surface area contributed by atoms with Crippen LogP contribution in [0.15, 0.2) is 36.5 Å². The molecule has 2 heterocycles. The van der Waals surface area contributed by atoms with Gasteiger partial charge in [-0.15, -0.1) is 0 Å². The summed E-state index contributed by atoms with van der Waals surface area (Å²) in [5, 5.41) is 2.49. The number of amides is 1. The molecule has 10 heteroatoms. The van der Waals surface area contributed by atoms with Gasteiger partial charge in [-0.3, -0.25) is 4.79 Å². The van der Waals surface area contributed by atoms with Crippen LogP contribution in [0.4, 0.5) is 13.2 Å². The Hall–Kier alpha value is -2.81. The number of carbonyl (C=O) groups excluding carboxylic acids is 1. The molecule has 0 radical (unpaired) electrons. The molecule has 1 amide bonds. The van der Waals surface area contributed by atoms with Crippen LogP contribution < -0.4 is 10.1 Å². The zero-order chi connectivity index (χ0) is 19.6. The van der Waals surface area contributed by atoms with Crippen molar-refractivity contribution < 1.29 is 22.7 Å². The van der Waals surface area contributed by atoms with Crippen LogP contribution in [0.1, 0.15) is 16.2 Å². The third-order valence-corrected chi connectivity index (χ3v) is 4.00. The molecule has 0 aliphatic heterocycles. The lowest BCUT2D eigenvalue weighted by molar-refractivity contribution is -0.154. The summed E-state index contributed by atoms with van der Waals surface area (Å²) in [4.78, 5) is 20.4. The highest BCUT2D eigenvalue weighted by Crippen LogP contribution is 2.25. The van der Waals surface area contributed by atoms with Gasteiger partial charge >= 0.3 is 6.18 Å². The molecule has 2 aromatic heterocycles. The van der Waals surface area contributed by atoms with Crippen LogP contribution in [-0.2, 0) is 13.6 Å². The molecule has 0 saturated carbocycles. The maximum atomic E-state index is 12.3. The lowest BCUT2D eigenvalue weighted by atomic mass is 10.2. The number of ether oxygens (including phenoxy) is 1. The first kappa shape index (κ1) is 19.0. The minimum absolute atomic E-state index is 0.0955. The number of carbonyl (C=O) groups is 1. The summed E-state index contributed by atoms with van der Waals surface area (Å²) >= 11 is 5.85. The van der Waals surface area contributed by atoms with Gasteiger partial charge in [0, 0.05) is 13.2 Å². The number of para-hydroxylation sites is 2. The van der Waals surface area contributed by atoms with Crippen LogP contribution in [0.5, 0.6) is 5.88 Å². The molecule has 0 atom stereocenters. The predicted molar refractivity (Wildman–Crippen MR) is 92.7 cm³/mol. The van der Waals surface area contributed by atoms with E-state index in [1.54, 1.807) is 0 Å². The maximum Gasteiger partial charge on any atom is 0.422 e. The SMILES string of the molecule is Cn1c(CNC(=O)c2cnc(OCC(F)(F)F)c(Cl)c2)nc2ccccc21. The third kappa shape index (κ3) is 4.48. The van der Waals surface area contributed by atoms with Gasteiger partial charge in [0.05, 0.1) is 23.1 Å². The minimum Gasteiger partial charge on any atom is -0.467 e. The van der Waals surface area contributed by atoms with Crippen LogP contribution in [0.2, 0.25) is 5.02 Å². The lowest BCUT2D eigenvalue weighted by Crippen LogP contribution is -2.24. The molecule has 0 unspecified atom stereocenters. The highest BCUT2D eigenvalue weighted by atomic mass is 35.5. The van der Waals surface area contributed by atoms with E-state index in [0.29, 0.717) is 5.82 Å². The first-order valence-corrected chi connectivity index (χ1v) is 8.16. The van der Waals surface area contributed by atoms with Crippen LogP contribution in [0, 0.1) is 0 Å². The second kappa shape index (κ2) is 7.43. The average Bonchev–Trinajstić information content (AvgIpc) is 2.94. The molecule has 0 saturated heterocycles. The Balaban J connectivity index is 1.67. The van der Waals surface area contributed by atoms with Crippen molar-refractivity contribution in [2.24, 2.45) is 7.05 Å². The number of halogens is 4. The van der Waals surface area contributed by atoms with E-state index in [-0.39, 0.29) is 23.0 Å². The van der Waals surface area contributed by atoms with Gasteiger partial charge in [0.2, 0.25) is 5.88 Å². The molecule has 0 aliphatic carbocycles. The average molecular weight is 399 g/mol. The number of aryl methyl sites for hydroxylation is 1. The Kier molecular flexibility index (Phi) is 5.22. The molecule has 0 bridgehead atoms. The number of rotatable bonds is 5. The van der Waals surface area contributed by atoms with Crippen molar-refractivity contribution in [3.63, 3.8) is 0 Å². The fraction of sp³-hybridized carbons (Fsp3) is 0.235. The quantitative estimate of drug-likeness (QED) is 0.714. The van der Waals surface area contributed by atoms with Crippen LogP contribution >= 0.6 is 11.6 Å². The second-order valence-corrected chi connectivity index (χ2v) is 6.08. The molecule has 1 aromatic carbocycles. The number of nitrogens with one attached hydrogen (secondary N) is 1. The molecule has 27 heavy (non-hydrogen) atoms. The summed E-state index contributed by atoms with van der Waals surface area (Å²) in [6.45, 7) is -1.36. The molecular weight excluding hydrogens is 385 g/mol. The zero-order valence-electron chi connectivity index (χ0n) is 14.0. The van der Waals surface area contributed by atoms with E-state index in [2.05, 4.69) is 20.0 Å². The Labute approximate surface area is 156 Å². The summed E-state index contributed by atoms with van der Waals surface area (Å²) in [6.07, 6.45) is -3.41. The van der Waals surface area contributed by atoms with Gasteiger partial charge in [-0.05, 0) is 18.2 Å². The van der Waals surface area contributed by atoms with Crippen molar-refractivity contribution >= 4 is 28.5 Å². The second-order valence-electron chi connectivity index (χ2n) is 5.67. The number of imidazole rings is 1. The Morgan fingerprint density at radius 2 is 2.07 bits per heavy atom. The van der Waals surface area contributed by atoms with E-state index in [1.165, 1.54) is 6.07 Å². The van der Waals surface area contributed by atoms with E-state index in [9.17, 15) is 18.0 Å². The molecule has 6 nitrogen and oxygen atoms in total. The zero-order valence-corrected chi connectivity index (χ0v) is 14.8. The topological polar surface area (TPSA) is 69.0 Å². The van der Waals surface area contributed by atoms with Crippen LogP contribution in [0.3, 0.4) is 0 Å². The summed E-state index contributed by atoms with van der Waals surface area (Å²) in [6, 6.07) is 8.74. The number of fused-ring (bicyclic) bond motifs is 1. The monoisotopic (exact) mass is 398 g/mol. The van der Waals surface area contributed by atoms with Gasteiger partial charge in [-0.2, -0.15) is 13.2 Å². The maximum absolute atomic E-state index is 12.3. The number of pyridine rings is 1. The third-order valence-electron chi connectivity index (χ3n) is 3.73. The van der Waals surface area contributed by atoms with Crippen molar-refractivity contribution in [2.75, 3.05) is 6.61 Å². The molecule has 0 aliphatic rings. The molecule has 3 aromatic rings. The fourth-order valence-electron chi connectivity index (χ4n) is 2.42. The number of hydrogen-bond acceptors (Lipinski definition) is 4. The van der Waals surface area contributed by atoms with Gasteiger partial charge in [0.15, 0.2) is 6.61 Å². The van der Waals surface area contributed by atoms with Crippen molar-refractivity contribution in [1.82, 2.24) is 19.9 Å². The van der Waals surface area contributed by atoms with Gasteiger partial charge in [-0.1, -0.05) is 23.7 Å². The molecule has 0 fully saturated rings. The highest BCUT2D eigenvalue weighted by molar-refractivity contribution is 6.32. The largest absolute Gasteiger partial charge is 0.467 e. The number of hydrogen-bond donors (Lipinski definition) is 1. The minimum atomic E-state index is -4.51. The predicted octanol–water partition coefficient (Wildman–Crippen LogP) is 3.49. The number of benzene rings is 1. The van der Waals surface area contributed by atoms with E-state index >= 15 is 0 Å². The Morgan fingerprint density at radius 1 is 1.33 bits per heavy atom. The normalized spacial score (nSPS) is 11.6. The van der Waals surface area contributed by atoms with Crippen molar-refractivity contribution in [2.45, 2.75) is 12.7 Å². The van der Waals surface area contributed by atoms with Gasteiger partial charge in [0.25, 0.3) is 5.91 Å². The fourth-order valence-corrected chi connectivity index (χ4v) is 2.64. The molecule has 3 rings (SSSR count). The van der Waals surface area contributed by atoms with E-state index < -0.39 is 18.7 Å². The molecular formula is C17H14ClF3N4O2. The van der Waals surface area contributed by atoms with E-state index in [0.717, 1.165) is 17.2 Å². The van der Waals surface area contributed by atoms with Crippen LogP contribution in [-0.4, -0.2) is 33.2 Å². The number of alkyl halides is 3. The summed E-state index contributed by atoms with van der Waals surface area (Å²) in [5.41, 5.74) is 1.83.